The molecule has 1 aliphatic heterocycles. The second-order valence-corrected chi connectivity index (χ2v) is 8.38. The number of nitrogens with one attached hydrogen (secondary N) is 1. The summed E-state index contributed by atoms with van der Waals surface area (Å²) in [5, 5.41) is 3.04. The van der Waals surface area contributed by atoms with Crippen LogP contribution in [0, 0.1) is 0 Å². The Morgan fingerprint density at radius 2 is 1.86 bits per heavy atom. The summed E-state index contributed by atoms with van der Waals surface area (Å²) in [7, 11) is -2.12. The molecule has 0 bridgehead atoms. The van der Waals surface area contributed by atoms with E-state index in [1.54, 1.807) is 62.4 Å². The van der Waals surface area contributed by atoms with E-state index in [-0.39, 0.29) is 10.9 Å². The minimum atomic E-state index is -3.67. The lowest BCUT2D eigenvalue weighted by Gasteiger charge is -2.24. The quantitative estimate of drug-likeness (QED) is 0.658. The number of sulfonamides is 1. The van der Waals surface area contributed by atoms with E-state index in [2.05, 4.69) is 25.3 Å². The average molecular weight is 412 g/mol. The predicted molar refractivity (Wildman–Crippen MR) is 106 cm³/mol. The normalized spacial score (nSPS) is 17.2. The number of hydrogen-bond donors (Lipinski definition) is 1. The molecule has 0 saturated carbocycles. The summed E-state index contributed by atoms with van der Waals surface area (Å²) in [5.74, 6) is 1.63. The lowest BCUT2D eigenvalue weighted by molar-refractivity contribution is 0.389. The minimum absolute atomic E-state index is 0.229. The van der Waals surface area contributed by atoms with Gasteiger partial charge in [-0.2, -0.15) is 4.31 Å². The van der Waals surface area contributed by atoms with Crippen LogP contribution in [0.25, 0.3) is 0 Å². The maximum Gasteiger partial charge on any atom is 0.243 e. The van der Waals surface area contributed by atoms with E-state index in [4.69, 9.17) is 4.74 Å². The van der Waals surface area contributed by atoms with Crippen LogP contribution in [0.1, 0.15) is 24.6 Å². The summed E-state index contributed by atoms with van der Waals surface area (Å²) >= 11 is 0. The molecule has 29 heavy (non-hydrogen) atoms. The highest BCUT2D eigenvalue weighted by Crippen LogP contribution is 2.36. The van der Waals surface area contributed by atoms with Crippen molar-refractivity contribution in [3.8, 4) is 5.75 Å². The van der Waals surface area contributed by atoms with Gasteiger partial charge in [-0.15, -0.1) is 0 Å². The first kappa shape index (κ1) is 19.2. The first-order valence-corrected chi connectivity index (χ1v) is 10.5. The first-order valence-electron chi connectivity index (χ1n) is 9.09. The van der Waals surface area contributed by atoms with Gasteiger partial charge in [-0.25, -0.2) is 18.4 Å². The van der Waals surface area contributed by atoms with Crippen LogP contribution < -0.4 is 10.1 Å². The zero-order valence-electron chi connectivity index (χ0n) is 15.8. The fraction of sp³-hybridized carbons (Fsp3) is 0.263. The number of methoxy groups -OCH3 is 1. The van der Waals surface area contributed by atoms with E-state index >= 15 is 0 Å². The summed E-state index contributed by atoms with van der Waals surface area (Å²) in [6, 6.07) is 6.02. The fourth-order valence-corrected chi connectivity index (χ4v) is 4.97. The van der Waals surface area contributed by atoms with Gasteiger partial charge in [-0.3, -0.25) is 9.97 Å². The molecule has 3 aromatic rings. The molecule has 1 fully saturated rings. The second-order valence-electron chi connectivity index (χ2n) is 6.49. The average Bonchev–Trinajstić information content (AvgIpc) is 3.26. The van der Waals surface area contributed by atoms with Crippen LogP contribution >= 0.6 is 0 Å². The molecule has 0 aliphatic carbocycles. The van der Waals surface area contributed by atoms with Crippen LogP contribution in [0.5, 0.6) is 5.75 Å². The molecular formula is C19H20N6O3S. The van der Waals surface area contributed by atoms with Crippen LogP contribution in [0.3, 0.4) is 0 Å². The number of ether oxygens (including phenoxy) is 1. The number of hydrogen-bond acceptors (Lipinski definition) is 8. The van der Waals surface area contributed by atoms with E-state index in [0.29, 0.717) is 36.0 Å². The highest BCUT2D eigenvalue weighted by Gasteiger charge is 2.37. The molecule has 0 radical (unpaired) electrons. The summed E-state index contributed by atoms with van der Waals surface area (Å²) in [6.45, 7) is 0.433. The Balaban J connectivity index is 1.60. The molecule has 1 atom stereocenters. The SMILES string of the molecule is COc1ccc(S(=O)(=O)N2CCCC2c2cncc(Nc3cnccn3)n2)cc1. The van der Waals surface area contributed by atoms with Gasteiger partial charge < -0.3 is 10.1 Å². The summed E-state index contributed by atoms with van der Waals surface area (Å²) in [5.41, 5.74) is 0.591. The Kier molecular flexibility index (Phi) is 5.36. The maximum atomic E-state index is 13.2. The maximum absolute atomic E-state index is 13.2. The van der Waals surface area contributed by atoms with Crippen molar-refractivity contribution in [2.75, 3.05) is 19.0 Å². The van der Waals surface area contributed by atoms with Gasteiger partial charge >= 0.3 is 0 Å². The Morgan fingerprint density at radius 3 is 2.59 bits per heavy atom. The monoisotopic (exact) mass is 412 g/mol. The zero-order chi connectivity index (χ0) is 20.3. The van der Waals surface area contributed by atoms with Gasteiger partial charge in [0.15, 0.2) is 0 Å². The van der Waals surface area contributed by atoms with Crippen LogP contribution in [0.15, 0.2) is 60.1 Å². The molecule has 1 unspecified atom stereocenters. The van der Waals surface area contributed by atoms with Crippen LogP contribution in [0.2, 0.25) is 0 Å². The molecule has 1 aromatic carbocycles. The van der Waals surface area contributed by atoms with Gasteiger partial charge in [0.1, 0.15) is 17.4 Å². The third-order valence-electron chi connectivity index (χ3n) is 4.68. The van der Waals surface area contributed by atoms with Crippen molar-refractivity contribution in [1.82, 2.24) is 24.2 Å². The van der Waals surface area contributed by atoms with E-state index in [1.807, 2.05) is 0 Å². The Labute approximate surface area is 168 Å². The largest absolute Gasteiger partial charge is 0.497 e. The lowest BCUT2D eigenvalue weighted by atomic mass is 10.2. The molecule has 1 saturated heterocycles. The topological polar surface area (TPSA) is 110 Å². The summed E-state index contributed by atoms with van der Waals surface area (Å²) in [4.78, 5) is 17.2. The van der Waals surface area contributed by atoms with Crippen LogP contribution in [-0.4, -0.2) is 46.3 Å². The lowest BCUT2D eigenvalue weighted by Crippen LogP contribution is -2.31. The number of benzene rings is 1. The molecule has 9 nitrogen and oxygen atoms in total. The second kappa shape index (κ2) is 8.10. The highest BCUT2D eigenvalue weighted by atomic mass is 32.2. The van der Waals surface area contributed by atoms with Gasteiger partial charge in [0.25, 0.3) is 0 Å². The molecule has 1 N–H and O–H groups in total. The van der Waals surface area contributed by atoms with Crippen molar-refractivity contribution in [3.05, 3.63) is 60.9 Å². The minimum Gasteiger partial charge on any atom is -0.497 e. The standard InChI is InChI=1S/C19H20N6O3S/c1-28-14-4-6-15(7-5-14)29(26,27)25-10-2-3-17(25)16-11-21-13-19(23-16)24-18-12-20-8-9-22-18/h4-9,11-13,17H,2-3,10H2,1H3,(H,22,23,24). The van der Waals surface area contributed by atoms with Crippen LogP contribution in [0.4, 0.5) is 11.6 Å². The molecule has 10 heteroatoms. The van der Waals surface area contributed by atoms with E-state index in [0.717, 1.165) is 6.42 Å². The molecule has 4 rings (SSSR count). The van der Waals surface area contributed by atoms with Crippen molar-refractivity contribution >= 4 is 21.7 Å². The molecule has 1 aliphatic rings. The van der Waals surface area contributed by atoms with Crippen molar-refractivity contribution in [1.29, 1.82) is 0 Å². The van der Waals surface area contributed by atoms with Crippen molar-refractivity contribution < 1.29 is 13.2 Å². The van der Waals surface area contributed by atoms with Gasteiger partial charge in [-0.05, 0) is 37.1 Å². The van der Waals surface area contributed by atoms with Gasteiger partial charge in [0.2, 0.25) is 10.0 Å². The molecule has 0 spiro atoms. The molecule has 2 aromatic heterocycles. The molecular weight excluding hydrogens is 392 g/mol. The number of anilines is 2. The van der Waals surface area contributed by atoms with E-state index in [9.17, 15) is 8.42 Å². The Bertz CT molecular complexity index is 1080. The first-order chi connectivity index (χ1) is 14.1. The molecule has 0 amide bonds. The van der Waals surface area contributed by atoms with Crippen molar-refractivity contribution in [2.45, 2.75) is 23.8 Å². The Morgan fingerprint density at radius 1 is 1.07 bits per heavy atom. The molecule has 3 heterocycles. The number of rotatable bonds is 6. The van der Waals surface area contributed by atoms with E-state index in [1.165, 1.54) is 4.31 Å². The van der Waals surface area contributed by atoms with Gasteiger partial charge in [0, 0.05) is 18.9 Å². The number of nitrogens with zero attached hydrogens (tertiary/aromatic N) is 5. The third kappa shape index (κ3) is 4.03. The fourth-order valence-electron chi connectivity index (χ4n) is 3.30. The van der Waals surface area contributed by atoms with Gasteiger partial charge in [-0.1, -0.05) is 0 Å². The van der Waals surface area contributed by atoms with Gasteiger partial charge in [0.05, 0.1) is 42.3 Å². The van der Waals surface area contributed by atoms with Crippen LogP contribution in [-0.2, 0) is 10.0 Å². The van der Waals surface area contributed by atoms with Crippen molar-refractivity contribution in [3.63, 3.8) is 0 Å². The van der Waals surface area contributed by atoms with E-state index < -0.39 is 10.0 Å². The third-order valence-corrected chi connectivity index (χ3v) is 6.61. The predicted octanol–water partition coefficient (Wildman–Crippen LogP) is 2.54. The van der Waals surface area contributed by atoms with Crippen molar-refractivity contribution in [2.24, 2.45) is 0 Å². The summed E-state index contributed by atoms with van der Waals surface area (Å²) in [6.07, 6.45) is 9.32. The Hall–Kier alpha value is -3.11. The highest BCUT2D eigenvalue weighted by molar-refractivity contribution is 7.89. The molecule has 150 valence electrons. The smallest absolute Gasteiger partial charge is 0.243 e. The summed E-state index contributed by atoms with van der Waals surface area (Å²) < 4.78 is 33.0. The zero-order valence-corrected chi connectivity index (χ0v) is 16.6. The number of aromatic nitrogens is 4.